The van der Waals surface area contributed by atoms with E-state index in [1.54, 1.807) is 0 Å². The van der Waals surface area contributed by atoms with Crippen molar-refractivity contribution in [1.29, 1.82) is 0 Å². The Morgan fingerprint density at radius 2 is 1.15 bits per heavy atom. The molecule has 0 saturated carbocycles. The molecule has 0 amide bonds. The van der Waals surface area contributed by atoms with Crippen LogP contribution < -0.4 is 18.6 Å². The predicted octanol–water partition coefficient (Wildman–Crippen LogP) is -2.23. The van der Waals surface area contributed by atoms with Gasteiger partial charge >= 0.3 is 19.5 Å². The minimum Gasteiger partial charge on any atom is -0.222 e. The first-order valence-electron chi connectivity index (χ1n) is 3.26. The fraction of sp³-hybridized carbons (Fsp3) is 0.429. The summed E-state index contributed by atoms with van der Waals surface area (Å²) in [5, 5.41) is 0. The molecule has 0 aromatic heterocycles. The zero-order chi connectivity index (χ0) is 10.0. The summed E-state index contributed by atoms with van der Waals surface area (Å²) < 4.78 is 34.0. The van der Waals surface area contributed by atoms with Crippen molar-refractivity contribution in [1.82, 2.24) is 0 Å². The van der Waals surface area contributed by atoms with Crippen LogP contribution in [0.15, 0.2) is 24.3 Å². The van der Waals surface area contributed by atoms with Gasteiger partial charge in [-0.25, -0.2) is 18.6 Å². The van der Waals surface area contributed by atoms with E-state index in [0.29, 0.717) is 0 Å². The maximum Gasteiger partial charge on any atom is 1.00 e. The van der Waals surface area contributed by atoms with Gasteiger partial charge in [0.25, 0.3) is 0 Å². The first-order chi connectivity index (χ1) is 5.41. The number of rotatable bonds is 2. The summed E-state index contributed by atoms with van der Waals surface area (Å²) in [7, 11) is -4.94. The SMILES string of the molecule is C/C=C/C/C=C/C.[O-][Cl+3]([O-])([O-])[O-].[Rh+]. The number of halogens is 1. The van der Waals surface area contributed by atoms with Crippen LogP contribution in [0.4, 0.5) is 0 Å². The number of hydrogen-bond acceptors (Lipinski definition) is 4. The van der Waals surface area contributed by atoms with E-state index >= 15 is 0 Å². The second kappa shape index (κ2) is 12.2. The molecule has 0 spiro atoms. The van der Waals surface area contributed by atoms with Crippen LogP contribution in [0.1, 0.15) is 20.3 Å². The van der Waals surface area contributed by atoms with Crippen LogP contribution >= 0.6 is 0 Å². The van der Waals surface area contributed by atoms with Crippen LogP contribution in [0.5, 0.6) is 0 Å². The van der Waals surface area contributed by atoms with Gasteiger partial charge < -0.3 is 0 Å². The van der Waals surface area contributed by atoms with E-state index in [1.165, 1.54) is 0 Å². The molecule has 0 aromatic carbocycles. The van der Waals surface area contributed by atoms with Crippen molar-refractivity contribution >= 4 is 0 Å². The summed E-state index contributed by atoms with van der Waals surface area (Å²) in [4.78, 5) is 0. The molecule has 0 aromatic rings. The summed E-state index contributed by atoms with van der Waals surface area (Å²) in [5.74, 6) is 0. The van der Waals surface area contributed by atoms with E-state index in [0.717, 1.165) is 6.42 Å². The standard InChI is InChI=1S/C7H12.ClHO4.Rh/c1-3-5-7-6-4-2;2-1(3,4)5;/h3-6H,7H2,1-2H3;(H,2,3,4,5);/q;;+1/p-1/b5-3+,6-4+;;. The van der Waals surface area contributed by atoms with Crippen LogP contribution in [-0.4, -0.2) is 0 Å². The molecular weight excluding hydrogens is 286 g/mol. The minimum absolute atomic E-state index is 0. The molecule has 0 heterocycles. The monoisotopic (exact) mass is 298 g/mol. The molecule has 0 bridgehead atoms. The van der Waals surface area contributed by atoms with Gasteiger partial charge in [-0.15, -0.1) is 10.2 Å². The molecular formula is C7H12ClO4Rh. The van der Waals surface area contributed by atoms with E-state index in [1.807, 2.05) is 13.8 Å². The van der Waals surface area contributed by atoms with Crippen molar-refractivity contribution in [3.05, 3.63) is 24.3 Å². The number of hydrogen-bond donors (Lipinski definition) is 0. The molecule has 0 radical (unpaired) electrons. The molecule has 4 nitrogen and oxygen atoms in total. The Labute approximate surface area is 93.1 Å². The Bertz CT molecular complexity index is 126. The van der Waals surface area contributed by atoms with Crippen molar-refractivity contribution in [2.24, 2.45) is 0 Å². The predicted molar refractivity (Wildman–Crippen MR) is 34.2 cm³/mol. The molecule has 0 fully saturated rings. The first kappa shape index (κ1) is 18.9. The van der Waals surface area contributed by atoms with Gasteiger partial charge in [-0.1, -0.05) is 24.3 Å². The number of allylic oxidation sites excluding steroid dienone is 4. The van der Waals surface area contributed by atoms with Crippen molar-refractivity contribution in [2.75, 3.05) is 0 Å². The molecule has 6 heteroatoms. The molecule has 13 heavy (non-hydrogen) atoms. The molecule has 0 unspecified atom stereocenters. The van der Waals surface area contributed by atoms with Crippen LogP contribution in [0, 0.1) is 10.2 Å². The van der Waals surface area contributed by atoms with Gasteiger partial charge in [-0.3, -0.25) is 0 Å². The third-order valence-electron chi connectivity index (χ3n) is 0.744. The van der Waals surface area contributed by atoms with E-state index in [2.05, 4.69) is 24.3 Å². The fourth-order valence-electron chi connectivity index (χ4n) is 0.351. The quantitative estimate of drug-likeness (QED) is 0.426. The first-order valence-corrected chi connectivity index (χ1v) is 4.49. The zero-order valence-electron chi connectivity index (χ0n) is 7.36. The Balaban J connectivity index is -0.000000150. The van der Waals surface area contributed by atoms with E-state index in [4.69, 9.17) is 18.6 Å². The molecule has 0 saturated heterocycles. The van der Waals surface area contributed by atoms with Crippen molar-refractivity contribution in [3.8, 4) is 0 Å². The molecule has 0 rings (SSSR count). The fourth-order valence-corrected chi connectivity index (χ4v) is 0.351. The third-order valence-corrected chi connectivity index (χ3v) is 0.744. The maximum atomic E-state index is 8.49. The molecule has 0 aliphatic heterocycles. The Morgan fingerprint density at radius 3 is 1.31 bits per heavy atom. The van der Waals surface area contributed by atoms with Gasteiger partial charge in [0.2, 0.25) is 0 Å². The van der Waals surface area contributed by atoms with Gasteiger partial charge in [-0.05, 0) is 20.3 Å². The molecule has 80 valence electrons. The third kappa shape index (κ3) is 71.5. The summed E-state index contributed by atoms with van der Waals surface area (Å²) in [6.07, 6.45) is 9.44. The van der Waals surface area contributed by atoms with E-state index < -0.39 is 10.2 Å². The average Bonchev–Trinajstić information content (AvgIpc) is 1.85. The summed E-state index contributed by atoms with van der Waals surface area (Å²) >= 11 is 0. The second-order valence-corrected chi connectivity index (χ2v) is 2.51. The van der Waals surface area contributed by atoms with Gasteiger partial charge in [0, 0.05) is 0 Å². The van der Waals surface area contributed by atoms with Crippen LogP contribution in [-0.2, 0) is 19.5 Å². The average molecular weight is 299 g/mol. The molecule has 0 N–H and O–H groups in total. The summed E-state index contributed by atoms with van der Waals surface area (Å²) in [6, 6.07) is 0. The van der Waals surface area contributed by atoms with Crippen LogP contribution in [0.2, 0.25) is 0 Å². The zero-order valence-corrected chi connectivity index (χ0v) is 9.76. The van der Waals surface area contributed by atoms with Crippen LogP contribution in [0.25, 0.3) is 0 Å². The second-order valence-electron chi connectivity index (χ2n) is 1.75. The van der Waals surface area contributed by atoms with Gasteiger partial charge in [0.1, 0.15) is 0 Å². The Morgan fingerprint density at radius 1 is 0.923 bits per heavy atom. The molecule has 0 atom stereocenters. The topological polar surface area (TPSA) is 92.2 Å². The van der Waals surface area contributed by atoms with Crippen molar-refractivity contribution in [2.45, 2.75) is 20.3 Å². The van der Waals surface area contributed by atoms with Crippen molar-refractivity contribution < 1.29 is 48.4 Å². The smallest absolute Gasteiger partial charge is 0.222 e. The molecule has 0 aliphatic rings. The van der Waals surface area contributed by atoms with E-state index in [-0.39, 0.29) is 19.5 Å². The Kier molecular flexibility index (Phi) is 17.8. The summed E-state index contributed by atoms with van der Waals surface area (Å²) in [6.45, 7) is 4.06. The largest absolute Gasteiger partial charge is 1.00 e. The minimum atomic E-state index is -4.94. The maximum absolute atomic E-state index is 8.49. The van der Waals surface area contributed by atoms with Gasteiger partial charge in [-0.2, -0.15) is 0 Å². The Hall–Kier alpha value is 0.233. The van der Waals surface area contributed by atoms with Crippen molar-refractivity contribution in [3.63, 3.8) is 0 Å². The van der Waals surface area contributed by atoms with Crippen LogP contribution in [0.3, 0.4) is 0 Å². The summed E-state index contributed by atoms with van der Waals surface area (Å²) in [5.41, 5.74) is 0. The van der Waals surface area contributed by atoms with E-state index in [9.17, 15) is 0 Å². The molecule has 0 aliphatic carbocycles. The van der Waals surface area contributed by atoms with Gasteiger partial charge in [0.15, 0.2) is 0 Å². The van der Waals surface area contributed by atoms with Gasteiger partial charge in [0.05, 0.1) is 0 Å². The normalized spacial score (nSPS) is 10.9.